The van der Waals surface area contributed by atoms with Gasteiger partial charge in [0.25, 0.3) is 0 Å². The van der Waals surface area contributed by atoms with Crippen molar-refractivity contribution in [3.8, 4) is 0 Å². The summed E-state index contributed by atoms with van der Waals surface area (Å²) < 4.78 is 13.5. The van der Waals surface area contributed by atoms with Crippen LogP contribution < -0.4 is 5.32 Å². The van der Waals surface area contributed by atoms with Crippen molar-refractivity contribution in [1.82, 2.24) is 4.98 Å². The summed E-state index contributed by atoms with van der Waals surface area (Å²) in [6.45, 7) is 0.687. The summed E-state index contributed by atoms with van der Waals surface area (Å²) in [7, 11) is 0. The molecule has 0 fully saturated rings. The highest BCUT2D eigenvalue weighted by Gasteiger charge is 1.96. The van der Waals surface area contributed by atoms with Crippen LogP contribution in [0.4, 0.5) is 10.1 Å². The Hall–Kier alpha value is -1.42. The van der Waals surface area contributed by atoms with Gasteiger partial charge in [-0.05, 0) is 57.9 Å². The van der Waals surface area contributed by atoms with E-state index < -0.39 is 0 Å². The first-order valence-corrected chi connectivity index (χ1v) is 5.63. The topological polar surface area (TPSA) is 24.9 Å². The van der Waals surface area contributed by atoms with Crippen molar-refractivity contribution in [3.63, 3.8) is 0 Å². The number of benzene rings is 1. The number of aromatic nitrogens is 1. The Balaban J connectivity index is 1.99. The summed E-state index contributed by atoms with van der Waals surface area (Å²) in [4.78, 5) is 4.05. The fourth-order valence-corrected chi connectivity index (χ4v) is 1.74. The van der Waals surface area contributed by atoms with Crippen LogP contribution in [0.1, 0.15) is 5.56 Å². The molecule has 1 aromatic heterocycles. The van der Waals surface area contributed by atoms with E-state index in [1.165, 1.54) is 12.1 Å². The zero-order valence-electron chi connectivity index (χ0n) is 8.45. The molecule has 1 N–H and O–H groups in total. The van der Waals surface area contributed by atoms with Crippen LogP contribution in [-0.2, 0) is 6.54 Å². The minimum atomic E-state index is -0.225. The van der Waals surface area contributed by atoms with Gasteiger partial charge in [-0.15, -0.1) is 0 Å². The zero-order valence-corrected chi connectivity index (χ0v) is 10.0. The fraction of sp³-hybridized carbons (Fsp3) is 0.0833. The lowest BCUT2D eigenvalue weighted by Gasteiger charge is -2.06. The quantitative estimate of drug-likeness (QED) is 0.869. The Morgan fingerprint density at radius 2 is 1.94 bits per heavy atom. The van der Waals surface area contributed by atoms with Gasteiger partial charge in [0, 0.05) is 18.4 Å². The first-order valence-electron chi connectivity index (χ1n) is 4.84. The van der Waals surface area contributed by atoms with Crippen molar-refractivity contribution in [1.29, 1.82) is 0 Å². The number of anilines is 1. The highest BCUT2D eigenvalue weighted by atomic mass is 79.9. The number of halogens is 2. The number of pyridine rings is 1. The maximum absolute atomic E-state index is 12.7. The third kappa shape index (κ3) is 3.03. The van der Waals surface area contributed by atoms with E-state index in [0.717, 1.165) is 15.9 Å². The molecule has 0 aliphatic heterocycles. The van der Waals surface area contributed by atoms with E-state index in [4.69, 9.17) is 0 Å². The van der Waals surface area contributed by atoms with Gasteiger partial charge in [-0.1, -0.05) is 0 Å². The van der Waals surface area contributed by atoms with Crippen molar-refractivity contribution in [2.45, 2.75) is 6.54 Å². The lowest BCUT2D eigenvalue weighted by atomic mass is 10.2. The summed E-state index contributed by atoms with van der Waals surface area (Å²) in [5.41, 5.74) is 2.01. The van der Waals surface area contributed by atoms with E-state index in [9.17, 15) is 4.39 Å². The molecule has 0 unspecified atom stereocenters. The Labute approximate surface area is 102 Å². The fourth-order valence-electron chi connectivity index (χ4n) is 1.32. The molecule has 82 valence electrons. The third-order valence-corrected chi connectivity index (χ3v) is 2.57. The van der Waals surface area contributed by atoms with Crippen molar-refractivity contribution >= 4 is 21.6 Å². The monoisotopic (exact) mass is 280 g/mol. The van der Waals surface area contributed by atoms with Crippen LogP contribution in [0.3, 0.4) is 0 Å². The van der Waals surface area contributed by atoms with E-state index in [1.54, 1.807) is 18.3 Å². The van der Waals surface area contributed by atoms with Gasteiger partial charge in [-0.3, -0.25) is 0 Å². The van der Waals surface area contributed by atoms with Gasteiger partial charge in [-0.2, -0.15) is 0 Å². The molecule has 16 heavy (non-hydrogen) atoms. The molecule has 0 saturated heterocycles. The molecule has 0 amide bonds. The normalized spacial score (nSPS) is 10.1. The molecule has 0 radical (unpaired) electrons. The largest absolute Gasteiger partial charge is 0.381 e. The molecule has 1 aromatic carbocycles. The predicted molar refractivity (Wildman–Crippen MR) is 65.7 cm³/mol. The van der Waals surface area contributed by atoms with Gasteiger partial charge < -0.3 is 5.32 Å². The Bertz CT molecular complexity index is 471. The van der Waals surface area contributed by atoms with Crippen molar-refractivity contribution in [2.24, 2.45) is 0 Å². The van der Waals surface area contributed by atoms with E-state index in [1.807, 2.05) is 12.1 Å². The Morgan fingerprint density at radius 3 is 2.62 bits per heavy atom. The second kappa shape index (κ2) is 5.07. The standard InChI is InChI=1S/C12H10BrFN2/c13-12-7-9(5-6-15-12)8-16-11-3-1-10(14)2-4-11/h1-7,16H,8H2. The number of rotatable bonds is 3. The number of hydrogen-bond donors (Lipinski definition) is 1. The first-order chi connectivity index (χ1) is 7.74. The van der Waals surface area contributed by atoms with Gasteiger partial charge in [-0.25, -0.2) is 9.37 Å². The molecule has 4 heteroatoms. The molecule has 2 nitrogen and oxygen atoms in total. The molecule has 2 aromatic rings. The van der Waals surface area contributed by atoms with Gasteiger partial charge in [0.1, 0.15) is 10.4 Å². The zero-order chi connectivity index (χ0) is 11.4. The molecule has 0 saturated carbocycles. The highest BCUT2D eigenvalue weighted by Crippen LogP contribution is 2.12. The summed E-state index contributed by atoms with van der Waals surface area (Å²) in [6, 6.07) is 10.2. The number of hydrogen-bond acceptors (Lipinski definition) is 2. The molecule has 0 aliphatic rings. The number of nitrogens with zero attached hydrogens (tertiary/aromatic N) is 1. The van der Waals surface area contributed by atoms with Gasteiger partial charge in [0.2, 0.25) is 0 Å². The minimum Gasteiger partial charge on any atom is -0.381 e. The molecule has 0 atom stereocenters. The van der Waals surface area contributed by atoms with Crippen molar-refractivity contribution in [2.75, 3.05) is 5.32 Å². The second-order valence-electron chi connectivity index (χ2n) is 3.35. The Morgan fingerprint density at radius 1 is 1.19 bits per heavy atom. The molecule has 0 spiro atoms. The average Bonchev–Trinajstić information content (AvgIpc) is 2.28. The third-order valence-electron chi connectivity index (χ3n) is 2.13. The minimum absolute atomic E-state index is 0.225. The summed E-state index contributed by atoms with van der Waals surface area (Å²) in [5.74, 6) is -0.225. The smallest absolute Gasteiger partial charge is 0.123 e. The molecular weight excluding hydrogens is 271 g/mol. The maximum atomic E-state index is 12.7. The number of nitrogens with one attached hydrogen (secondary N) is 1. The summed E-state index contributed by atoms with van der Waals surface area (Å²) >= 11 is 3.31. The average molecular weight is 281 g/mol. The van der Waals surface area contributed by atoms with Crippen molar-refractivity contribution < 1.29 is 4.39 Å². The van der Waals surface area contributed by atoms with Crippen LogP contribution >= 0.6 is 15.9 Å². The first kappa shape index (κ1) is 11.1. The lowest BCUT2D eigenvalue weighted by molar-refractivity contribution is 0.628. The van der Waals surface area contributed by atoms with E-state index in [0.29, 0.717) is 6.54 Å². The molecule has 2 rings (SSSR count). The van der Waals surface area contributed by atoms with E-state index in [2.05, 4.69) is 26.2 Å². The van der Waals surface area contributed by atoms with E-state index >= 15 is 0 Å². The second-order valence-corrected chi connectivity index (χ2v) is 4.16. The summed E-state index contributed by atoms with van der Waals surface area (Å²) in [6.07, 6.45) is 1.74. The Kier molecular flexibility index (Phi) is 3.51. The molecule has 0 bridgehead atoms. The van der Waals surface area contributed by atoms with E-state index in [-0.39, 0.29) is 5.82 Å². The van der Waals surface area contributed by atoms with Crippen LogP contribution in [0.5, 0.6) is 0 Å². The molecular formula is C12H10BrFN2. The molecule has 1 heterocycles. The van der Waals surface area contributed by atoms with Gasteiger partial charge in [0.05, 0.1) is 0 Å². The maximum Gasteiger partial charge on any atom is 0.123 e. The highest BCUT2D eigenvalue weighted by molar-refractivity contribution is 9.10. The van der Waals surface area contributed by atoms with Crippen LogP contribution in [0.25, 0.3) is 0 Å². The summed E-state index contributed by atoms with van der Waals surface area (Å²) in [5, 5.41) is 3.20. The van der Waals surface area contributed by atoms with Gasteiger partial charge >= 0.3 is 0 Å². The van der Waals surface area contributed by atoms with Gasteiger partial charge in [0.15, 0.2) is 0 Å². The van der Waals surface area contributed by atoms with Crippen LogP contribution in [0, 0.1) is 5.82 Å². The van der Waals surface area contributed by atoms with Crippen LogP contribution in [0.2, 0.25) is 0 Å². The van der Waals surface area contributed by atoms with Crippen molar-refractivity contribution in [3.05, 3.63) is 58.6 Å². The predicted octanol–water partition coefficient (Wildman–Crippen LogP) is 3.60. The SMILES string of the molecule is Fc1ccc(NCc2ccnc(Br)c2)cc1. The van der Waals surface area contributed by atoms with Crippen LogP contribution in [0.15, 0.2) is 47.2 Å². The lowest BCUT2D eigenvalue weighted by Crippen LogP contribution is -1.99. The molecule has 0 aliphatic carbocycles. The van der Waals surface area contributed by atoms with Crippen LogP contribution in [-0.4, -0.2) is 4.98 Å².